The van der Waals surface area contributed by atoms with Crippen molar-refractivity contribution in [3.05, 3.63) is 23.9 Å². The Bertz CT molecular complexity index is 483. The van der Waals surface area contributed by atoms with Crippen LogP contribution in [0.25, 0.3) is 0 Å². The van der Waals surface area contributed by atoms with E-state index in [9.17, 15) is 4.79 Å². The molecule has 0 aromatic carbocycles. The number of nitrogens with zero attached hydrogens (tertiary/aromatic N) is 4. The topological polar surface area (TPSA) is 86.3 Å². The lowest BCUT2D eigenvalue weighted by atomic mass is 10.2. The van der Waals surface area contributed by atoms with E-state index in [4.69, 9.17) is 11.0 Å². The molecule has 1 aromatic rings. The number of hydrogen-bond acceptors (Lipinski definition) is 5. The van der Waals surface area contributed by atoms with Crippen LogP contribution >= 0.6 is 0 Å². The largest absolute Gasteiger partial charge is 0.353 e. The first kappa shape index (κ1) is 13.3. The second-order valence-electron chi connectivity index (χ2n) is 4.62. The fourth-order valence-electron chi connectivity index (χ4n) is 2.08. The molecule has 1 saturated heterocycles. The summed E-state index contributed by atoms with van der Waals surface area (Å²) in [7, 11) is 0. The number of aromatic nitrogens is 1. The Hall–Kier alpha value is -2.13. The van der Waals surface area contributed by atoms with Crippen molar-refractivity contribution >= 4 is 11.7 Å². The molecule has 0 unspecified atom stereocenters. The highest BCUT2D eigenvalue weighted by atomic mass is 16.2. The van der Waals surface area contributed by atoms with E-state index in [0.29, 0.717) is 18.7 Å². The van der Waals surface area contributed by atoms with Crippen molar-refractivity contribution in [1.29, 1.82) is 5.26 Å². The zero-order valence-electron chi connectivity index (χ0n) is 10.9. The highest BCUT2D eigenvalue weighted by Crippen LogP contribution is 2.14. The maximum Gasteiger partial charge on any atom is 0.239 e. The van der Waals surface area contributed by atoms with Crippen LogP contribution in [0.2, 0.25) is 0 Å². The first-order chi connectivity index (χ1) is 9.11. The normalized spacial score (nSPS) is 16.9. The summed E-state index contributed by atoms with van der Waals surface area (Å²) in [5, 5.41) is 8.73. The first-order valence-corrected chi connectivity index (χ1v) is 6.27. The molecule has 0 radical (unpaired) electrons. The maximum absolute atomic E-state index is 11.8. The van der Waals surface area contributed by atoms with E-state index in [2.05, 4.69) is 9.88 Å². The third-order valence-electron chi connectivity index (χ3n) is 3.18. The van der Waals surface area contributed by atoms with Gasteiger partial charge in [-0.2, -0.15) is 5.26 Å². The van der Waals surface area contributed by atoms with Crippen LogP contribution in [0.4, 0.5) is 5.82 Å². The number of hydrogen-bond donors (Lipinski definition) is 1. The van der Waals surface area contributed by atoms with Crippen LogP contribution in [-0.4, -0.2) is 48.0 Å². The van der Waals surface area contributed by atoms with Gasteiger partial charge in [0.15, 0.2) is 0 Å². The fourth-order valence-corrected chi connectivity index (χ4v) is 2.08. The summed E-state index contributed by atoms with van der Waals surface area (Å²) < 4.78 is 0. The monoisotopic (exact) mass is 259 g/mol. The van der Waals surface area contributed by atoms with Crippen LogP contribution in [0.1, 0.15) is 12.5 Å². The molecule has 0 aliphatic carbocycles. The molecule has 1 aromatic heterocycles. The lowest BCUT2D eigenvalue weighted by molar-refractivity contribution is -0.132. The lowest BCUT2D eigenvalue weighted by Crippen LogP contribution is -2.52. The summed E-state index contributed by atoms with van der Waals surface area (Å²) in [5.74, 6) is 0.833. The number of nitrogens with two attached hydrogens (primary N) is 1. The molecule has 2 rings (SSSR count). The van der Waals surface area contributed by atoms with Crippen molar-refractivity contribution in [3.63, 3.8) is 0 Å². The van der Waals surface area contributed by atoms with Gasteiger partial charge >= 0.3 is 0 Å². The summed E-state index contributed by atoms with van der Waals surface area (Å²) in [4.78, 5) is 19.9. The molecule has 1 aliphatic heterocycles. The average molecular weight is 259 g/mol. The van der Waals surface area contributed by atoms with Gasteiger partial charge in [-0.25, -0.2) is 4.98 Å². The number of rotatable bonds is 2. The Balaban J connectivity index is 1.96. The van der Waals surface area contributed by atoms with Gasteiger partial charge in [-0.05, 0) is 19.1 Å². The second-order valence-corrected chi connectivity index (χ2v) is 4.62. The Morgan fingerprint density at radius 1 is 1.42 bits per heavy atom. The van der Waals surface area contributed by atoms with Gasteiger partial charge in [0.05, 0.1) is 11.6 Å². The molecule has 1 atom stereocenters. The second kappa shape index (κ2) is 5.67. The van der Waals surface area contributed by atoms with E-state index in [0.717, 1.165) is 18.9 Å². The van der Waals surface area contributed by atoms with Gasteiger partial charge in [0.1, 0.15) is 11.9 Å². The van der Waals surface area contributed by atoms with Crippen LogP contribution < -0.4 is 10.6 Å². The maximum atomic E-state index is 11.8. The highest BCUT2D eigenvalue weighted by Gasteiger charge is 2.23. The third-order valence-corrected chi connectivity index (χ3v) is 3.18. The molecule has 0 spiro atoms. The number of piperazine rings is 1. The third kappa shape index (κ3) is 3.01. The van der Waals surface area contributed by atoms with Crippen molar-refractivity contribution in [2.24, 2.45) is 5.73 Å². The standard InChI is InChI=1S/C13H17N5O/c1-10(15)13(19)18-6-4-17(5-7-18)12-3-2-11(8-14)9-16-12/h2-3,9-10H,4-7,15H2,1H3/t10-/m1/s1. The number of carbonyl (C=O) groups excluding carboxylic acids is 1. The molecule has 1 amide bonds. The summed E-state index contributed by atoms with van der Waals surface area (Å²) >= 11 is 0. The summed E-state index contributed by atoms with van der Waals surface area (Å²) in [5.41, 5.74) is 6.15. The summed E-state index contributed by atoms with van der Waals surface area (Å²) in [6.45, 7) is 4.48. The molecule has 1 aliphatic rings. The van der Waals surface area contributed by atoms with Crippen LogP contribution in [0.15, 0.2) is 18.3 Å². The minimum Gasteiger partial charge on any atom is -0.353 e. The van der Waals surface area contributed by atoms with E-state index in [-0.39, 0.29) is 5.91 Å². The van der Waals surface area contributed by atoms with Gasteiger partial charge in [0.2, 0.25) is 5.91 Å². The molecule has 0 saturated carbocycles. The van der Waals surface area contributed by atoms with E-state index >= 15 is 0 Å². The number of nitriles is 1. The molecule has 2 N–H and O–H groups in total. The van der Waals surface area contributed by atoms with Crippen LogP contribution in [-0.2, 0) is 4.79 Å². The molecule has 6 heteroatoms. The zero-order valence-corrected chi connectivity index (χ0v) is 10.9. The Morgan fingerprint density at radius 3 is 2.58 bits per heavy atom. The molecular weight excluding hydrogens is 242 g/mol. The summed E-state index contributed by atoms with van der Waals surface area (Å²) in [6, 6.07) is 5.19. The molecular formula is C13H17N5O. The minimum absolute atomic E-state index is 0.00700. The van der Waals surface area contributed by atoms with E-state index < -0.39 is 6.04 Å². The van der Waals surface area contributed by atoms with Crippen molar-refractivity contribution in [1.82, 2.24) is 9.88 Å². The van der Waals surface area contributed by atoms with Crippen LogP contribution in [0.3, 0.4) is 0 Å². The van der Waals surface area contributed by atoms with E-state index in [1.165, 1.54) is 0 Å². The fraction of sp³-hybridized carbons (Fsp3) is 0.462. The Kier molecular flexibility index (Phi) is 3.97. The van der Waals surface area contributed by atoms with Crippen molar-refractivity contribution < 1.29 is 4.79 Å². The van der Waals surface area contributed by atoms with Gasteiger partial charge in [-0.1, -0.05) is 0 Å². The molecule has 6 nitrogen and oxygen atoms in total. The number of pyridine rings is 1. The highest BCUT2D eigenvalue weighted by molar-refractivity contribution is 5.81. The van der Waals surface area contributed by atoms with Gasteiger partial charge in [0.25, 0.3) is 0 Å². The average Bonchev–Trinajstić information content (AvgIpc) is 2.46. The lowest BCUT2D eigenvalue weighted by Gasteiger charge is -2.36. The van der Waals surface area contributed by atoms with E-state index in [1.54, 1.807) is 24.1 Å². The smallest absolute Gasteiger partial charge is 0.239 e. The van der Waals surface area contributed by atoms with Crippen LogP contribution in [0.5, 0.6) is 0 Å². The number of carbonyl (C=O) groups is 1. The Labute approximate surface area is 112 Å². The van der Waals surface area contributed by atoms with Gasteiger partial charge < -0.3 is 15.5 Å². The first-order valence-electron chi connectivity index (χ1n) is 6.27. The quantitative estimate of drug-likeness (QED) is 0.804. The minimum atomic E-state index is -0.445. The molecule has 100 valence electrons. The predicted octanol–water partition coefficient (Wildman–Crippen LogP) is -0.0509. The summed E-state index contributed by atoms with van der Waals surface area (Å²) in [6.07, 6.45) is 1.56. The molecule has 0 bridgehead atoms. The molecule has 19 heavy (non-hydrogen) atoms. The van der Waals surface area contributed by atoms with Crippen molar-refractivity contribution in [2.45, 2.75) is 13.0 Å². The van der Waals surface area contributed by atoms with Crippen molar-refractivity contribution in [2.75, 3.05) is 31.1 Å². The SMILES string of the molecule is C[C@@H](N)C(=O)N1CCN(c2ccc(C#N)cn2)CC1. The molecule has 2 heterocycles. The Morgan fingerprint density at radius 2 is 2.11 bits per heavy atom. The zero-order chi connectivity index (χ0) is 13.8. The molecule has 1 fully saturated rings. The van der Waals surface area contributed by atoms with Gasteiger partial charge in [0, 0.05) is 32.4 Å². The van der Waals surface area contributed by atoms with Crippen molar-refractivity contribution in [3.8, 4) is 6.07 Å². The van der Waals surface area contributed by atoms with Gasteiger partial charge in [-0.3, -0.25) is 4.79 Å². The number of amides is 1. The predicted molar refractivity (Wildman–Crippen MR) is 71.4 cm³/mol. The number of anilines is 1. The van der Waals surface area contributed by atoms with E-state index in [1.807, 2.05) is 12.1 Å². The van der Waals surface area contributed by atoms with Crippen LogP contribution in [0, 0.1) is 11.3 Å². The van der Waals surface area contributed by atoms with Gasteiger partial charge in [-0.15, -0.1) is 0 Å².